The van der Waals surface area contributed by atoms with Crippen LogP contribution < -0.4 is 4.74 Å². The molecule has 1 aromatic rings. The molecule has 0 unspecified atom stereocenters. The van der Waals surface area contributed by atoms with Crippen LogP contribution in [0.4, 0.5) is 10.1 Å². The second-order valence-electron chi connectivity index (χ2n) is 2.86. The van der Waals surface area contributed by atoms with Gasteiger partial charge in [0.05, 0.1) is 11.5 Å². The number of benzene rings is 1. The molecular weight excluding hydrogens is 304 g/mol. The average molecular weight is 313 g/mol. The van der Waals surface area contributed by atoms with Crippen LogP contribution in [0.1, 0.15) is 6.42 Å². The Morgan fingerprint density at radius 2 is 2.25 bits per heavy atom. The van der Waals surface area contributed by atoms with Gasteiger partial charge in [0.15, 0.2) is 0 Å². The minimum Gasteiger partial charge on any atom is -0.486 e. The molecule has 0 aromatic heterocycles. The molecule has 0 spiro atoms. The summed E-state index contributed by atoms with van der Waals surface area (Å²) in [6, 6.07) is 1.97. The van der Waals surface area contributed by atoms with Gasteiger partial charge < -0.3 is 4.74 Å². The van der Waals surface area contributed by atoms with Crippen LogP contribution in [-0.4, -0.2) is 16.9 Å². The van der Waals surface area contributed by atoms with Gasteiger partial charge in [-0.1, -0.05) is 27.5 Å². The number of halogens is 3. The van der Waals surface area contributed by atoms with E-state index in [2.05, 4.69) is 15.9 Å². The van der Waals surface area contributed by atoms with Crippen molar-refractivity contribution in [2.45, 2.75) is 6.42 Å². The Morgan fingerprint density at radius 1 is 1.56 bits per heavy atom. The lowest BCUT2D eigenvalue weighted by molar-refractivity contribution is -0.385. The Labute approximate surface area is 105 Å². The molecule has 0 radical (unpaired) electrons. The summed E-state index contributed by atoms with van der Waals surface area (Å²) in [4.78, 5) is 10.00. The first-order valence-electron chi connectivity index (χ1n) is 4.39. The molecule has 0 N–H and O–H groups in total. The molecule has 0 aliphatic carbocycles. The van der Waals surface area contributed by atoms with Crippen LogP contribution in [0.15, 0.2) is 12.1 Å². The average Bonchev–Trinajstić information content (AvgIpc) is 2.24. The number of hydrogen-bond donors (Lipinski definition) is 0. The van der Waals surface area contributed by atoms with E-state index in [1.54, 1.807) is 0 Å². The van der Waals surface area contributed by atoms with Gasteiger partial charge in [-0.05, 0) is 12.5 Å². The molecule has 1 aromatic carbocycles. The zero-order valence-electron chi connectivity index (χ0n) is 8.08. The SMILES string of the molecule is O=[N+]([O-])c1ccc(F)c(Cl)c1OCCCBr. The minimum atomic E-state index is -0.735. The van der Waals surface area contributed by atoms with Crippen LogP contribution in [0, 0.1) is 15.9 Å². The number of rotatable bonds is 5. The Balaban J connectivity index is 3.01. The first kappa shape index (κ1) is 13.2. The third kappa shape index (κ3) is 3.05. The van der Waals surface area contributed by atoms with E-state index in [1.165, 1.54) is 0 Å². The summed E-state index contributed by atoms with van der Waals surface area (Å²) in [5, 5.41) is 11.0. The Hall–Kier alpha value is -0.880. The highest BCUT2D eigenvalue weighted by atomic mass is 79.9. The smallest absolute Gasteiger partial charge is 0.312 e. The molecule has 16 heavy (non-hydrogen) atoms. The molecule has 0 amide bonds. The third-order valence-electron chi connectivity index (χ3n) is 1.75. The zero-order valence-corrected chi connectivity index (χ0v) is 10.4. The maximum atomic E-state index is 13.1. The quantitative estimate of drug-likeness (QED) is 0.361. The largest absolute Gasteiger partial charge is 0.486 e. The van der Waals surface area contributed by atoms with Crippen molar-refractivity contribution in [3.8, 4) is 5.75 Å². The molecule has 88 valence electrons. The van der Waals surface area contributed by atoms with Crippen molar-refractivity contribution in [3.05, 3.63) is 33.1 Å². The van der Waals surface area contributed by atoms with Crippen LogP contribution in [0.2, 0.25) is 5.02 Å². The van der Waals surface area contributed by atoms with E-state index in [9.17, 15) is 14.5 Å². The maximum absolute atomic E-state index is 13.1. The van der Waals surface area contributed by atoms with E-state index in [4.69, 9.17) is 16.3 Å². The Morgan fingerprint density at radius 3 is 2.81 bits per heavy atom. The molecule has 0 saturated heterocycles. The summed E-state index contributed by atoms with van der Waals surface area (Å²) >= 11 is 8.79. The van der Waals surface area contributed by atoms with E-state index < -0.39 is 10.7 Å². The molecule has 0 heterocycles. The summed E-state index contributed by atoms with van der Waals surface area (Å²) in [7, 11) is 0. The first-order chi connectivity index (χ1) is 7.57. The van der Waals surface area contributed by atoms with E-state index in [1.807, 2.05) is 0 Å². The van der Waals surface area contributed by atoms with Gasteiger partial charge in [0, 0.05) is 11.4 Å². The van der Waals surface area contributed by atoms with Gasteiger partial charge in [0.2, 0.25) is 5.75 Å². The van der Waals surface area contributed by atoms with Crippen LogP contribution >= 0.6 is 27.5 Å². The molecule has 0 bridgehead atoms. The fourth-order valence-corrected chi connectivity index (χ4v) is 1.47. The summed E-state index contributed by atoms with van der Waals surface area (Å²) in [6.07, 6.45) is 0.643. The van der Waals surface area contributed by atoms with E-state index in [0.29, 0.717) is 11.8 Å². The molecule has 4 nitrogen and oxygen atoms in total. The fourth-order valence-electron chi connectivity index (χ4n) is 1.03. The van der Waals surface area contributed by atoms with Gasteiger partial charge >= 0.3 is 5.69 Å². The number of nitrogens with zero attached hydrogens (tertiary/aromatic N) is 1. The summed E-state index contributed by atoms with van der Waals surface area (Å²) < 4.78 is 18.2. The van der Waals surface area contributed by atoms with Crippen molar-refractivity contribution in [1.82, 2.24) is 0 Å². The number of alkyl halides is 1. The van der Waals surface area contributed by atoms with E-state index >= 15 is 0 Å². The van der Waals surface area contributed by atoms with Crippen molar-refractivity contribution < 1.29 is 14.1 Å². The summed E-state index contributed by atoms with van der Waals surface area (Å²) in [5.41, 5.74) is -0.332. The highest BCUT2D eigenvalue weighted by molar-refractivity contribution is 9.09. The molecule has 0 aliphatic heterocycles. The molecule has 1 rings (SSSR count). The Kier molecular flexibility index (Phi) is 4.95. The maximum Gasteiger partial charge on any atom is 0.312 e. The van der Waals surface area contributed by atoms with Gasteiger partial charge in [-0.25, -0.2) is 4.39 Å². The molecule has 0 aliphatic rings. The lowest BCUT2D eigenvalue weighted by atomic mass is 10.3. The monoisotopic (exact) mass is 311 g/mol. The molecule has 0 saturated carbocycles. The van der Waals surface area contributed by atoms with E-state index in [-0.39, 0.29) is 23.1 Å². The van der Waals surface area contributed by atoms with Crippen molar-refractivity contribution >= 4 is 33.2 Å². The Bertz CT molecular complexity index is 403. The van der Waals surface area contributed by atoms with Crippen molar-refractivity contribution in [3.63, 3.8) is 0 Å². The van der Waals surface area contributed by atoms with Gasteiger partial charge in [-0.2, -0.15) is 0 Å². The predicted octanol–water partition coefficient (Wildman–Crippen LogP) is 3.55. The standard InChI is InChI=1S/C9H8BrClFNO3/c10-4-1-5-16-9-7(13(14)15)3-2-6(12)8(9)11/h2-3H,1,4-5H2. The molecule has 0 atom stereocenters. The van der Waals surface area contributed by atoms with Gasteiger partial charge in [-0.15, -0.1) is 0 Å². The lowest BCUT2D eigenvalue weighted by Crippen LogP contribution is -2.02. The normalized spacial score (nSPS) is 10.2. The highest BCUT2D eigenvalue weighted by Gasteiger charge is 2.21. The second kappa shape index (κ2) is 6.00. The number of nitro benzene ring substituents is 1. The fraction of sp³-hybridized carbons (Fsp3) is 0.333. The topological polar surface area (TPSA) is 52.4 Å². The molecular formula is C9H8BrClFNO3. The van der Waals surface area contributed by atoms with Gasteiger partial charge in [-0.3, -0.25) is 10.1 Å². The first-order valence-corrected chi connectivity index (χ1v) is 5.89. The highest BCUT2D eigenvalue weighted by Crippen LogP contribution is 2.36. The van der Waals surface area contributed by atoms with Crippen LogP contribution in [-0.2, 0) is 0 Å². The van der Waals surface area contributed by atoms with Gasteiger partial charge in [0.25, 0.3) is 0 Å². The second-order valence-corrected chi connectivity index (χ2v) is 4.03. The minimum absolute atomic E-state index is 0.215. The molecule has 0 fully saturated rings. The number of nitro groups is 1. The van der Waals surface area contributed by atoms with Crippen molar-refractivity contribution in [2.24, 2.45) is 0 Å². The van der Waals surface area contributed by atoms with Crippen LogP contribution in [0.3, 0.4) is 0 Å². The lowest BCUT2D eigenvalue weighted by Gasteiger charge is -2.07. The van der Waals surface area contributed by atoms with Crippen molar-refractivity contribution in [2.75, 3.05) is 11.9 Å². The van der Waals surface area contributed by atoms with Crippen LogP contribution in [0.5, 0.6) is 5.75 Å². The van der Waals surface area contributed by atoms with Gasteiger partial charge in [0.1, 0.15) is 10.8 Å². The van der Waals surface area contributed by atoms with Crippen LogP contribution in [0.25, 0.3) is 0 Å². The van der Waals surface area contributed by atoms with Crippen molar-refractivity contribution in [1.29, 1.82) is 0 Å². The zero-order chi connectivity index (χ0) is 12.1. The number of ether oxygens (including phenoxy) is 1. The van der Waals surface area contributed by atoms with E-state index in [0.717, 1.165) is 12.1 Å². The number of hydrogen-bond acceptors (Lipinski definition) is 3. The third-order valence-corrected chi connectivity index (χ3v) is 2.66. The summed E-state index contributed by atoms with van der Waals surface area (Å²) in [5.74, 6) is -0.950. The summed E-state index contributed by atoms with van der Waals surface area (Å²) in [6.45, 7) is 0.231. The predicted molar refractivity (Wildman–Crippen MR) is 62.0 cm³/mol. The molecule has 7 heteroatoms.